The summed E-state index contributed by atoms with van der Waals surface area (Å²) in [7, 11) is 3.88. The lowest BCUT2D eigenvalue weighted by Crippen LogP contribution is -2.33. The number of aromatic nitrogens is 1. The number of aliphatic imine (C=N–C) groups is 1. The number of allylic oxidation sites excluding steroid dienone is 3. The monoisotopic (exact) mass is 464 g/mol. The smallest absolute Gasteiger partial charge is 0.276 e. The molecule has 2 unspecified atom stereocenters. The summed E-state index contributed by atoms with van der Waals surface area (Å²) in [5, 5.41) is 11.8. The number of amides is 1. The Morgan fingerprint density at radius 3 is 3.00 bits per heavy atom. The molecule has 0 saturated carbocycles. The average molecular weight is 465 g/mol. The number of carbonyl (C=O) groups is 1. The van der Waals surface area contributed by atoms with Crippen LogP contribution in [0.4, 0.5) is 5.69 Å². The first-order valence-corrected chi connectivity index (χ1v) is 11.4. The predicted octanol–water partition coefficient (Wildman–Crippen LogP) is 3.01. The van der Waals surface area contributed by atoms with Gasteiger partial charge >= 0.3 is 0 Å². The zero-order chi connectivity index (χ0) is 23.2. The lowest BCUT2D eigenvalue weighted by atomic mass is 9.98. The number of likely N-dealkylation sites (N-methyl/N-ethyl adjacent to an activating group) is 1. The van der Waals surface area contributed by atoms with E-state index in [1.54, 1.807) is 35.4 Å². The number of fused-ring (bicyclic) bond motifs is 4. The summed E-state index contributed by atoms with van der Waals surface area (Å²) in [6.07, 6.45) is 8.31. The van der Waals surface area contributed by atoms with Crippen LogP contribution >= 0.6 is 11.6 Å². The number of hydrogen-bond acceptors (Lipinski definition) is 6. The Labute approximate surface area is 197 Å². The van der Waals surface area contributed by atoms with E-state index in [2.05, 4.69) is 9.98 Å². The molecule has 1 N–H and O–H groups in total. The van der Waals surface area contributed by atoms with Crippen molar-refractivity contribution in [3.05, 3.63) is 71.6 Å². The number of ether oxygens (including phenoxy) is 1. The van der Waals surface area contributed by atoms with Crippen LogP contribution in [-0.2, 0) is 9.53 Å². The van der Waals surface area contributed by atoms with Crippen LogP contribution in [0.1, 0.15) is 11.5 Å². The van der Waals surface area contributed by atoms with Crippen LogP contribution in [0.15, 0.2) is 71.0 Å². The van der Waals surface area contributed by atoms with Gasteiger partial charge in [-0.3, -0.25) is 9.78 Å². The van der Waals surface area contributed by atoms with E-state index in [4.69, 9.17) is 16.3 Å². The number of nitrogens with zero attached hydrogens (tertiary/aromatic N) is 4. The molecule has 3 heterocycles. The van der Waals surface area contributed by atoms with Gasteiger partial charge in [0.25, 0.3) is 5.91 Å². The third kappa shape index (κ3) is 4.02. The van der Waals surface area contributed by atoms with Gasteiger partial charge in [-0.25, -0.2) is 4.99 Å². The maximum absolute atomic E-state index is 13.5. The number of aliphatic hydroxyl groups is 1. The Kier molecular flexibility index (Phi) is 5.66. The number of halogens is 1. The maximum Gasteiger partial charge on any atom is 0.276 e. The third-order valence-electron chi connectivity index (χ3n) is 6.10. The molecule has 0 saturated heterocycles. The SMILES string of the molecule is CN(C)CCOC1(O)C=CC2=NC(C(=O)N3CC(CCl)c4c3ccc3ncccc43)=CC2=C1. The lowest BCUT2D eigenvalue weighted by Gasteiger charge is -2.25. The van der Waals surface area contributed by atoms with Gasteiger partial charge in [0.2, 0.25) is 5.79 Å². The van der Waals surface area contributed by atoms with Crippen molar-refractivity contribution in [3.8, 4) is 0 Å². The largest absolute Gasteiger partial charge is 0.359 e. The van der Waals surface area contributed by atoms with Crippen molar-refractivity contribution in [2.75, 3.05) is 44.6 Å². The number of carbonyl (C=O) groups excluding carboxylic acids is 1. The van der Waals surface area contributed by atoms with Crippen LogP contribution in [0.3, 0.4) is 0 Å². The molecular weight excluding hydrogens is 440 g/mol. The zero-order valence-electron chi connectivity index (χ0n) is 18.5. The van der Waals surface area contributed by atoms with Crippen molar-refractivity contribution in [2.24, 2.45) is 4.99 Å². The van der Waals surface area contributed by atoms with Gasteiger partial charge in [0.05, 0.1) is 17.8 Å². The molecule has 2 aliphatic heterocycles. The normalized spacial score (nSPS) is 23.5. The fraction of sp³-hybridized carbons (Fsp3) is 0.320. The zero-order valence-corrected chi connectivity index (χ0v) is 19.3. The molecule has 8 heteroatoms. The van der Waals surface area contributed by atoms with Crippen molar-refractivity contribution >= 4 is 39.8 Å². The van der Waals surface area contributed by atoms with Gasteiger partial charge < -0.3 is 19.6 Å². The number of rotatable bonds is 6. The maximum atomic E-state index is 13.5. The number of alkyl halides is 1. The second kappa shape index (κ2) is 8.50. The first-order valence-electron chi connectivity index (χ1n) is 10.9. The minimum atomic E-state index is -1.52. The van der Waals surface area contributed by atoms with Crippen molar-refractivity contribution in [2.45, 2.75) is 11.7 Å². The van der Waals surface area contributed by atoms with Gasteiger partial charge in [0, 0.05) is 47.7 Å². The molecule has 2 atom stereocenters. The molecule has 5 rings (SSSR count). The number of hydrogen-bond donors (Lipinski definition) is 1. The first-order chi connectivity index (χ1) is 15.9. The van der Waals surface area contributed by atoms with Gasteiger partial charge in [-0.05, 0) is 62.2 Å². The summed E-state index contributed by atoms with van der Waals surface area (Å²) in [5.74, 6) is -1.29. The second-order valence-electron chi connectivity index (χ2n) is 8.70. The molecule has 0 bridgehead atoms. The van der Waals surface area contributed by atoms with E-state index in [-0.39, 0.29) is 11.8 Å². The molecule has 7 nitrogen and oxygen atoms in total. The topological polar surface area (TPSA) is 78.3 Å². The third-order valence-corrected chi connectivity index (χ3v) is 6.47. The van der Waals surface area contributed by atoms with E-state index in [1.807, 2.05) is 43.3 Å². The molecule has 0 fully saturated rings. The van der Waals surface area contributed by atoms with Gasteiger partial charge in [0.15, 0.2) is 0 Å². The summed E-state index contributed by atoms with van der Waals surface area (Å²) < 4.78 is 5.65. The van der Waals surface area contributed by atoms with Crippen molar-refractivity contribution in [1.29, 1.82) is 0 Å². The van der Waals surface area contributed by atoms with E-state index in [1.165, 1.54) is 0 Å². The fourth-order valence-corrected chi connectivity index (χ4v) is 4.70. The van der Waals surface area contributed by atoms with Crippen LogP contribution in [0, 0.1) is 0 Å². The molecule has 2 aromatic rings. The highest BCUT2D eigenvalue weighted by Gasteiger charge is 2.37. The van der Waals surface area contributed by atoms with Crippen LogP contribution in [0.25, 0.3) is 10.9 Å². The molecule has 1 aromatic carbocycles. The van der Waals surface area contributed by atoms with Gasteiger partial charge in [-0.2, -0.15) is 0 Å². The number of pyridine rings is 1. The number of benzene rings is 1. The molecule has 33 heavy (non-hydrogen) atoms. The van der Waals surface area contributed by atoms with Crippen LogP contribution in [0.2, 0.25) is 0 Å². The van der Waals surface area contributed by atoms with Crippen LogP contribution < -0.4 is 4.90 Å². The van der Waals surface area contributed by atoms with E-state index in [0.29, 0.717) is 42.6 Å². The molecular formula is C25H25ClN4O3. The van der Waals surface area contributed by atoms with Crippen molar-refractivity contribution < 1.29 is 14.6 Å². The molecule has 3 aliphatic rings. The molecule has 1 aliphatic carbocycles. The van der Waals surface area contributed by atoms with Crippen molar-refractivity contribution in [3.63, 3.8) is 0 Å². The first kappa shape index (κ1) is 22.0. The summed E-state index contributed by atoms with van der Waals surface area (Å²) in [6, 6.07) is 7.78. The minimum Gasteiger partial charge on any atom is -0.359 e. The lowest BCUT2D eigenvalue weighted by molar-refractivity contribution is -0.132. The number of anilines is 1. The second-order valence-corrected chi connectivity index (χ2v) is 9.01. The van der Waals surface area contributed by atoms with Crippen LogP contribution in [-0.4, -0.2) is 72.1 Å². The van der Waals surface area contributed by atoms with Crippen molar-refractivity contribution in [1.82, 2.24) is 9.88 Å². The van der Waals surface area contributed by atoms with E-state index < -0.39 is 5.79 Å². The Bertz CT molecular complexity index is 1250. The quantitative estimate of drug-likeness (QED) is 0.525. The highest BCUT2D eigenvalue weighted by atomic mass is 35.5. The standard InChI is InChI=1S/C25H25ClN4O3/c1-29(2)10-11-33-25(32)8-7-19-16(13-25)12-21(28-19)24(31)30-15-17(14-26)23-18-4-3-9-27-20(18)5-6-22(23)30/h3-9,12-13,17,32H,10-11,14-15H2,1-2H3. The Morgan fingerprint density at radius 1 is 1.36 bits per heavy atom. The summed E-state index contributed by atoms with van der Waals surface area (Å²) >= 11 is 6.29. The van der Waals surface area contributed by atoms with Gasteiger partial charge in [0.1, 0.15) is 5.70 Å². The van der Waals surface area contributed by atoms with E-state index >= 15 is 0 Å². The summed E-state index contributed by atoms with van der Waals surface area (Å²) in [6.45, 7) is 1.54. The molecule has 170 valence electrons. The van der Waals surface area contributed by atoms with Crippen LogP contribution in [0.5, 0.6) is 0 Å². The Hall–Kier alpha value is -2.84. The molecule has 1 amide bonds. The van der Waals surface area contributed by atoms with Gasteiger partial charge in [-0.15, -0.1) is 11.6 Å². The molecule has 0 radical (unpaired) electrons. The summed E-state index contributed by atoms with van der Waals surface area (Å²) in [5.41, 5.74) is 4.41. The average Bonchev–Trinajstić information content (AvgIpc) is 3.39. The highest BCUT2D eigenvalue weighted by molar-refractivity contribution is 6.21. The van der Waals surface area contributed by atoms with E-state index in [9.17, 15) is 9.90 Å². The molecule has 1 aromatic heterocycles. The fourth-order valence-electron chi connectivity index (χ4n) is 4.45. The Morgan fingerprint density at radius 2 is 2.21 bits per heavy atom. The highest BCUT2D eigenvalue weighted by Crippen LogP contribution is 2.42. The van der Waals surface area contributed by atoms with E-state index in [0.717, 1.165) is 22.2 Å². The summed E-state index contributed by atoms with van der Waals surface area (Å²) in [4.78, 5) is 26.2. The Balaban J connectivity index is 1.42. The molecule has 0 spiro atoms. The predicted molar refractivity (Wildman–Crippen MR) is 130 cm³/mol. The van der Waals surface area contributed by atoms with Gasteiger partial charge in [-0.1, -0.05) is 6.07 Å². The minimum absolute atomic E-state index is 0.0183.